The number of aromatic nitrogens is 4. The third kappa shape index (κ3) is 2.43. The highest BCUT2D eigenvalue weighted by Crippen LogP contribution is 2.38. The van der Waals surface area contributed by atoms with Gasteiger partial charge in [-0.2, -0.15) is 0 Å². The molecule has 3 aromatic rings. The zero-order chi connectivity index (χ0) is 14.9. The van der Waals surface area contributed by atoms with Crippen molar-refractivity contribution in [3.8, 4) is 28.7 Å². The highest BCUT2D eigenvalue weighted by Gasteiger charge is 2.26. The van der Waals surface area contributed by atoms with E-state index in [4.69, 9.17) is 9.15 Å². The molecule has 6 nitrogen and oxygen atoms in total. The molecule has 0 unspecified atom stereocenters. The minimum atomic E-state index is 0.417. The Morgan fingerprint density at radius 3 is 2.45 bits per heavy atom. The van der Waals surface area contributed by atoms with Crippen LogP contribution < -0.4 is 4.74 Å². The molecule has 22 heavy (non-hydrogen) atoms. The molecule has 1 aliphatic rings. The van der Waals surface area contributed by atoms with Crippen LogP contribution in [0.3, 0.4) is 0 Å². The van der Waals surface area contributed by atoms with E-state index in [-0.39, 0.29) is 0 Å². The second-order valence-corrected chi connectivity index (χ2v) is 5.25. The van der Waals surface area contributed by atoms with Crippen LogP contribution in [0.4, 0.5) is 0 Å². The van der Waals surface area contributed by atoms with Crippen LogP contribution in [-0.4, -0.2) is 27.3 Å². The fourth-order valence-corrected chi connectivity index (χ4v) is 2.21. The lowest BCUT2D eigenvalue weighted by molar-refractivity contribution is 0.415. The zero-order valence-electron chi connectivity index (χ0n) is 12.1. The number of hydrogen-bond donors (Lipinski definition) is 0. The van der Waals surface area contributed by atoms with Gasteiger partial charge in [0.05, 0.1) is 12.7 Å². The molecular formula is C16H14N4O2. The van der Waals surface area contributed by atoms with Gasteiger partial charge in [0.2, 0.25) is 5.89 Å². The Balaban J connectivity index is 1.62. The molecule has 4 rings (SSSR count). The summed E-state index contributed by atoms with van der Waals surface area (Å²) in [5.41, 5.74) is 1.54. The number of nitrogens with zero attached hydrogens (tertiary/aromatic N) is 4. The van der Waals surface area contributed by atoms with Gasteiger partial charge < -0.3 is 9.15 Å². The minimum absolute atomic E-state index is 0.417. The standard InChI is InChI=1S/C16H14N4O2/c1-21-13-4-2-3-11(7-13)15-19-20-16(22-15)12-8-17-14(18-9-12)10-5-6-10/h2-4,7-10H,5-6H2,1H3. The molecule has 1 aliphatic carbocycles. The number of benzene rings is 1. The molecule has 0 amide bonds. The predicted molar refractivity (Wildman–Crippen MR) is 79.3 cm³/mol. The Bertz CT molecular complexity index is 794. The summed E-state index contributed by atoms with van der Waals surface area (Å²) in [5.74, 6) is 3.04. The molecule has 0 bridgehead atoms. The van der Waals surface area contributed by atoms with Gasteiger partial charge in [-0.3, -0.25) is 0 Å². The van der Waals surface area contributed by atoms with Gasteiger partial charge in [0.1, 0.15) is 11.6 Å². The summed E-state index contributed by atoms with van der Waals surface area (Å²) in [6, 6.07) is 7.49. The van der Waals surface area contributed by atoms with Crippen LogP contribution in [-0.2, 0) is 0 Å². The molecule has 1 saturated carbocycles. The lowest BCUT2D eigenvalue weighted by atomic mass is 10.2. The highest BCUT2D eigenvalue weighted by molar-refractivity contribution is 5.58. The maximum atomic E-state index is 5.71. The van der Waals surface area contributed by atoms with Crippen molar-refractivity contribution >= 4 is 0 Å². The highest BCUT2D eigenvalue weighted by atomic mass is 16.5. The first-order chi connectivity index (χ1) is 10.8. The van der Waals surface area contributed by atoms with Gasteiger partial charge in [-0.25, -0.2) is 9.97 Å². The summed E-state index contributed by atoms with van der Waals surface area (Å²) >= 11 is 0. The van der Waals surface area contributed by atoms with Crippen molar-refractivity contribution in [2.45, 2.75) is 18.8 Å². The molecule has 6 heteroatoms. The van der Waals surface area contributed by atoms with Crippen molar-refractivity contribution in [1.29, 1.82) is 0 Å². The molecular weight excluding hydrogens is 280 g/mol. The van der Waals surface area contributed by atoms with E-state index < -0.39 is 0 Å². The monoisotopic (exact) mass is 294 g/mol. The van der Waals surface area contributed by atoms with E-state index in [2.05, 4.69) is 20.2 Å². The predicted octanol–water partition coefficient (Wildman–Crippen LogP) is 3.08. The van der Waals surface area contributed by atoms with Gasteiger partial charge in [0, 0.05) is 23.9 Å². The van der Waals surface area contributed by atoms with Crippen molar-refractivity contribution < 1.29 is 9.15 Å². The second-order valence-electron chi connectivity index (χ2n) is 5.25. The SMILES string of the molecule is COc1cccc(-c2nnc(-c3cnc(C4CC4)nc3)o2)c1. The van der Waals surface area contributed by atoms with Crippen LogP contribution in [0.1, 0.15) is 24.6 Å². The minimum Gasteiger partial charge on any atom is -0.497 e. The topological polar surface area (TPSA) is 73.9 Å². The first-order valence-electron chi connectivity index (χ1n) is 7.14. The summed E-state index contributed by atoms with van der Waals surface area (Å²) < 4.78 is 10.9. The smallest absolute Gasteiger partial charge is 0.251 e. The number of ether oxygens (including phenoxy) is 1. The van der Waals surface area contributed by atoms with Crippen LogP contribution in [0.5, 0.6) is 5.75 Å². The fourth-order valence-electron chi connectivity index (χ4n) is 2.21. The summed E-state index contributed by atoms with van der Waals surface area (Å²) in [7, 11) is 1.62. The molecule has 1 aromatic carbocycles. The molecule has 0 N–H and O–H groups in total. The third-order valence-corrected chi connectivity index (χ3v) is 3.60. The van der Waals surface area contributed by atoms with Crippen LogP contribution in [0, 0.1) is 0 Å². The maximum Gasteiger partial charge on any atom is 0.251 e. The second kappa shape index (κ2) is 5.22. The van der Waals surface area contributed by atoms with Crippen molar-refractivity contribution in [3.63, 3.8) is 0 Å². The molecule has 110 valence electrons. The van der Waals surface area contributed by atoms with Crippen molar-refractivity contribution in [2.24, 2.45) is 0 Å². The van der Waals surface area contributed by atoms with Crippen LogP contribution in [0.25, 0.3) is 22.9 Å². The Labute approximate surface area is 127 Å². The molecule has 2 heterocycles. The van der Waals surface area contributed by atoms with E-state index in [1.54, 1.807) is 19.5 Å². The maximum absolute atomic E-state index is 5.71. The van der Waals surface area contributed by atoms with E-state index in [0.717, 1.165) is 22.7 Å². The van der Waals surface area contributed by atoms with Crippen molar-refractivity contribution in [3.05, 3.63) is 42.5 Å². The van der Waals surface area contributed by atoms with E-state index in [0.29, 0.717) is 17.7 Å². The average Bonchev–Trinajstić information content (AvgIpc) is 3.32. The van der Waals surface area contributed by atoms with Gasteiger partial charge in [0.15, 0.2) is 0 Å². The summed E-state index contributed by atoms with van der Waals surface area (Å²) in [6.07, 6.45) is 5.84. The van der Waals surface area contributed by atoms with Gasteiger partial charge in [-0.1, -0.05) is 6.07 Å². The molecule has 0 radical (unpaired) electrons. The van der Waals surface area contributed by atoms with E-state index in [1.807, 2.05) is 24.3 Å². The molecule has 1 fully saturated rings. The first kappa shape index (κ1) is 12.9. The summed E-state index contributed by atoms with van der Waals surface area (Å²) in [5, 5.41) is 8.15. The molecule has 0 atom stereocenters. The van der Waals surface area contributed by atoms with Crippen molar-refractivity contribution in [1.82, 2.24) is 20.2 Å². The van der Waals surface area contributed by atoms with E-state index in [1.165, 1.54) is 12.8 Å². The first-order valence-corrected chi connectivity index (χ1v) is 7.14. The molecule has 2 aromatic heterocycles. The molecule has 0 spiro atoms. The van der Waals surface area contributed by atoms with E-state index in [9.17, 15) is 0 Å². The van der Waals surface area contributed by atoms with Crippen LogP contribution >= 0.6 is 0 Å². The van der Waals surface area contributed by atoms with Crippen molar-refractivity contribution in [2.75, 3.05) is 7.11 Å². The van der Waals surface area contributed by atoms with Gasteiger partial charge in [-0.15, -0.1) is 10.2 Å². The Hall–Kier alpha value is -2.76. The number of methoxy groups -OCH3 is 1. The Kier molecular flexibility index (Phi) is 3.07. The lowest BCUT2D eigenvalue weighted by Gasteiger charge is -2.00. The largest absolute Gasteiger partial charge is 0.497 e. The fraction of sp³-hybridized carbons (Fsp3) is 0.250. The number of rotatable bonds is 4. The zero-order valence-corrected chi connectivity index (χ0v) is 12.1. The molecule has 0 saturated heterocycles. The number of hydrogen-bond acceptors (Lipinski definition) is 6. The van der Waals surface area contributed by atoms with Gasteiger partial charge >= 0.3 is 0 Å². The van der Waals surface area contributed by atoms with Gasteiger partial charge in [0.25, 0.3) is 5.89 Å². The average molecular weight is 294 g/mol. The van der Waals surface area contributed by atoms with Crippen LogP contribution in [0.15, 0.2) is 41.1 Å². The Morgan fingerprint density at radius 2 is 1.77 bits per heavy atom. The summed E-state index contributed by atoms with van der Waals surface area (Å²) in [4.78, 5) is 8.74. The third-order valence-electron chi connectivity index (χ3n) is 3.60. The molecule has 0 aliphatic heterocycles. The normalized spacial score (nSPS) is 14.0. The quantitative estimate of drug-likeness (QED) is 0.736. The van der Waals surface area contributed by atoms with E-state index >= 15 is 0 Å². The lowest BCUT2D eigenvalue weighted by Crippen LogP contribution is -1.91. The van der Waals surface area contributed by atoms with Crippen LogP contribution in [0.2, 0.25) is 0 Å². The van der Waals surface area contributed by atoms with Gasteiger partial charge in [-0.05, 0) is 31.0 Å². The Morgan fingerprint density at radius 1 is 1.05 bits per heavy atom. The summed E-state index contributed by atoms with van der Waals surface area (Å²) in [6.45, 7) is 0.